The van der Waals surface area contributed by atoms with Crippen LogP contribution in [0.4, 0.5) is 0 Å². The van der Waals surface area contributed by atoms with E-state index in [1.165, 1.54) is 0 Å². The summed E-state index contributed by atoms with van der Waals surface area (Å²) >= 11 is 0. The molecular formula is C25H20O5. The highest BCUT2D eigenvalue weighted by Crippen LogP contribution is 2.38. The molecule has 5 rings (SSSR count). The van der Waals surface area contributed by atoms with Crippen molar-refractivity contribution in [3.8, 4) is 5.75 Å². The standard InChI is InChI=1S/C25H20O5/c1-27-12-13-28-15-29-21-14-17-7-3-5-9-19(17)23-22-18-8-4-2-6-16(18)10-11-20(22)30-25(26)24(21)23/h2-11,14H,12-13,15H2,1H3. The monoisotopic (exact) mass is 400 g/mol. The van der Waals surface area contributed by atoms with Crippen LogP contribution in [0.3, 0.4) is 0 Å². The zero-order chi connectivity index (χ0) is 20.5. The summed E-state index contributed by atoms with van der Waals surface area (Å²) in [4.78, 5) is 13.0. The first kappa shape index (κ1) is 18.6. The number of ether oxygens (including phenoxy) is 3. The van der Waals surface area contributed by atoms with Crippen LogP contribution in [0.25, 0.3) is 43.3 Å². The van der Waals surface area contributed by atoms with Crippen LogP contribution in [0.15, 0.2) is 75.9 Å². The molecule has 5 heteroatoms. The summed E-state index contributed by atoms with van der Waals surface area (Å²) < 4.78 is 22.0. The number of hydrogen-bond donors (Lipinski definition) is 0. The first-order valence-electron chi connectivity index (χ1n) is 9.77. The second kappa shape index (κ2) is 7.78. The summed E-state index contributed by atoms with van der Waals surface area (Å²) in [6.45, 7) is 0.897. The van der Waals surface area contributed by atoms with Crippen molar-refractivity contribution in [2.75, 3.05) is 27.1 Å². The molecule has 0 spiro atoms. The normalized spacial score (nSPS) is 11.6. The predicted molar refractivity (Wildman–Crippen MR) is 118 cm³/mol. The van der Waals surface area contributed by atoms with Gasteiger partial charge in [0.2, 0.25) is 0 Å². The molecule has 0 aliphatic carbocycles. The van der Waals surface area contributed by atoms with Crippen LogP contribution >= 0.6 is 0 Å². The van der Waals surface area contributed by atoms with E-state index < -0.39 is 5.63 Å². The van der Waals surface area contributed by atoms with Crippen molar-refractivity contribution in [1.29, 1.82) is 0 Å². The molecule has 0 atom stereocenters. The van der Waals surface area contributed by atoms with Crippen LogP contribution in [-0.2, 0) is 9.47 Å². The fraction of sp³-hybridized carbons (Fsp3) is 0.160. The van der Waals surface area contributed by atoms with Gasteiger partial charge in [-0.15, -0.1) is 0 Å². The van der Waals surface area contributed by atoms with Gasteiger partial charge in [0.05, 0.1) is 13.2 Å². The molecule has 0 aliphatic rings. The van der Waals surface area contributed by atoms with Crippen molar-refractivity contribution in [2.45, 2.75) is 0 Å². The summed E-state index contributed by atoms with van der Waals surface area (Å²) in [7, 11) is 1.61. The van der Waals surface area contributed by atoms with E-state index in [4.69, 9.17) is 18.6 Å². The molecular weight excluding hydrogens is 380 g/mol. The second-order valence-corrected chi connectivity index (χ2v) is 7.06. The molecule has 0 saturated heterocycles. The summed E-state index contributed by atoms with van der Waals surface area (Å²) in [5, 5.41) is 6.24. The highest BCUT2D eigenvalue weighted by Gasteiger charge is 2.18. The van der Waals surface area contributed by atoms with Gasteiger partial charge in [-0.3, -0.25) is 0 Å². The average molecular weight is 400 g/mol. The van der Waals surface area contributed by atoms with E-state index in [9.17, 15) is 4.79 Å². The molecule has 0 unspecified atom stereocenters. The molecule has 0 fully saturated rings. The van der Waals surface area contributed by atoms with E-state index in [1.54, 1.807) is 7.11 Å². The van der Waals surface area contributed by atoms with Crippen LogP contribution in [0.5, 0.6) is 5.75 Å². The lowest BCUT2D eigenvalue weighted by molar-refractivity contribution is -0.00779. The third-order valence-corrected chi connectivity index (χ3v) is 5.29. The Bertz CT molecular complexity index is 1430. The SMILES string of the molecule is COCCOCOc1cc2ccccc2c2c1c(=O)oc1ccc3ccccc3c12. The lowest BCUT2D eigenvalue weighted by atomic mass is 9.96. The van der Waals surface area contributed by atoms with Crippen LogP contribution in [0, 0.1) is 0 Å². The van der Waals surface area contributed by atoms with Gasteiger partial charge in [0.25, 0.3) is 0 Å². The summed E-state index contributed by atoms with van der Waals surface area (Å²) in [5.74, 6) is 0.449. The topological polar surface area (TPSA) is 57.9 Å². The van der Waals surface area contributed by atoms with Gasteiger partial charge in [0.15, 0.2) is 6.79 Å². The lowest BCUT2D eigenvalue weighted by Gasteiger charge is -2.14. The molecule has 0 N–H and O–H groups in total. The van der Waals surface area contributed by atoms with Crippen molar-refractivity contribution in [3.63, 3.8) is 0 Å². The molecule has 0 saturated carbocycles. The highest BCUT2D eigenvalue weighted by molar-refractivity contribution is 6.27. The molecule has 4 aromatic carbocycles. The lowest BCUT2D eigenvalue weighted by Crippen LogP contribution is -2.10. The van der Waals surface area contributed by atoms with Gasteiger partial charge in [-0.25, -0.2) is 4.79 Å². The van der Waals surface area contributed by atoms with E-state index >= 15 is 0 Å². The minimum atomic E-state index is -0.426. The minimum absolute atomic E-state index is 0.0177. The Hall–Kier alpha value is -3.41. The highest BCUT2D eigenvalue weighted by atomic mass is 16.7. The fourth-order valence-electron chi connectivity index (χ4n) is 3.95. The van der Waals surface area contributed by atoms with E-state index in [0.717, 1.165) is 32.3 Å². The Morgan fingerprint density at radius 1 is 0.800 bits per heavy atom. The summed E-state index contributed by atoms with van der Waals surface area (Å²) in [6.07, 6.45) is 0. The number of rotatable bonds is 6. The Kier molecular flexibility index (Phi) is 4.83. The van der Waals surface area contributed by atoms with Crippen molar-refractivity contribution in [1.82, 2.24) is 0 Å². The smallest absolute Gasteiger partial charge is 0.348 e. The van der Waals surface area contributed by atoms with Crippen molar-refractivity contribution < 1.29 is 18.6 Å². The Morgan fingerprint density at radius 3 is 2.33 bits per heavy atom. The fourth-order valence-corrected chi connectivity index (χ4v) is 3.95. The quantitative estimate of drug-likeness (QED) is 0.169. The van der Waals surface area contributed by atoms with Crippen LogP contribution in [0.1, 0.15) is 0 Å². The van der Waals surface area contributed by atoms with Gasteiger partial charge >= 0.3 is 5.63 Å². The van der Waals surface area contributed by atoms with Crippen LogP contribution in [-0.4, -0.2) is 27.1 Å². The maximum absolute atomic E-state index is 13.0. The van der Waals surface area contributed by atoms with Gasteiger partial charge in [-0.2, -0.15) is 0 Å². The Balaban J connectivity index is 1.84. The molecule has 150 valence electrons. The molecule has 0 aliphatic heterocycles. The van der Waals surface area contributed by atoms with E-state index in [-0.39, 0.29) is 6.79 Å². The Labute approximate surface area is 172 Å². The first-order valence-corrected chi connectivity index (χ1v) is 9.77. The Morgan fingerprint density at radius 2 is 1.53 bits per heavy atom. The zero-order valence-corrected chi connectivity index (χ0v) is 16.5. The van der Waals surface area contributed by atoms with Crippen molar-refractivity contribution in [2.24, 2.45) is 0 Å². The summed E-state index contributed by atoms with van der Waals surface area (Å²) in [6, 6.07) is 21.8. The van der Waals surface area contributed by atoms with Crippen LogP contribution < -0.4 is 10.4 Å². The molecule has 5 nitrogen and oxygen atoms in total. The van der Waals surface area contributed by atoms with Gasteiger partial charge < -0.3 is 18.6 Å². The maximum Gasteiger partial charge on any atom is 0.348 e. The molecule has 0 radical (unpaired) electrons. The third kappa shape index (κ3) is 3.09. The van der Waals surface area contributed by atoms with Gasteiger partial charge in [0.1, 0.15) is 16.7 Å². The number of benzene rings is 4. The maximum atomic E-state index is 13.0. The molecule has 1 aromatic heterocycles. The average Bonchev–Trinajstić information content (AvgIpc) is 2.78. The number of hydrogen-bond acceptors (Lipinski definition) is 5. The molecule has 0 amide bonds. The first-order chi connectivity index (χ1) is 14.8. The number of methoxy groups -OCH3 is 1. The minimum Gasteiger partial charge on any atom is -0.467 e. The van der Waals surface area contributed by atoms with Crippen LogP contribution in [0.2, 0.25) is 0 Å². The van der Waals surface area contributed by atoms with Crippen molar-refractivity contribution >= 4 is 43.3 Å². The van der Waals surface area contributed by atoms with E-state index in [1.807, 2.05) is 60.7 Å². The van der Waals surface area contributed by atoms with Gasteiger partial charge in [-0.05, 0) is 33.7 Å². The molecule has 30 heavy (non-hydrogen) atoms. The van der Waals surface area contributed by atoms with E-state index in [0.29, 0.717) is 29.9 Å². The zero-order valence-electron chi connectivity index (χ0n) is 16.5. The van der Waals surface area contributed by atoms with Gasteiger partial charge in [-0.1, -0.05) is 54.6 Å². The largest absolute Gasteiger partial charge is 0.467 e. The second-order valence-electron chi connectivity index (χ2n) is 7.06. The van der Waals surface area contributed by atoms with E-state index in [2.05, 4.69) is 6.07 Å². The van der Waals surface area contributed by atoms with Crippen molar-refractivity contribution in [3.05, 3.63) is 77.2 Å². The third-order valence-electron chi connectivity index (χ3n) is 5.29. The van der Waals surface area contributed by atoms with Gasteiger partial charge in [0, 0.05) is 17.9 Å². The number of fused-ring (bicyclic) bond motifs is 7. The molecule has 1 heterocycles. The molecule has 0 bridgehead atoms. The molecule has 5 aromatic rings. The summed E-state index contributed by atoms with van der Waals surface area (Å²) in [5.41, 5.74) is 0.135. The predicted octanol–water partition coefficient (Wildman–Crippen LogP) is 5.25.